The fourth-order valence-corrected chi connectivity index (χ4v) is 4.07. The first-order chi connectivity index (χ1) is 15.5. The maximum atomic E-state index is 10.1. The highest BCUT2D eigenvalue weighted by atomic mass is 16.5. The molecule has 1 aromatic heterocycles. The van der Waals surface area contributed by atoms with Crippen LogP contribution in [0.1, 0.15) is 18.4 Å². The summed E-state index contributed by atoms with van der Waals surface area (Å²) in [5.74, 6) is 2.87. The van der Waals surface area contributed by atoms with Gasteiger partial charge in [0.15, 0.2) is 5.82 Å². The van der Waals surface area contributed by atoms with Crippen LogP contribution in [0, 0.1) is 6.92 Å². The van der Waals surface area contributed by atoms with E-state index in [1.54, 1.807) is 7.05 Å². The second-order valence-corrected chi connectivity index (χ2v) is 8.49. The van der Waals surface area contributed by atoms with Crippen LogP contribution >= 0.6 is 0 Å². The molecule has 0 amide bonds. The van der Waals surface area contributed by atoms with Gasteiger partial charge < -0.3 is 35.2 Å². The van der Waals surface area contributed by atoms with Gasteiger partial charge in [0, 0.05) is 37.4 Å². The molecule has 32 heavy (non-hydrogen) atoms. The number of nitrogens with zero attached hydrogens (tertiary/aromatic N) is 3. The summed E-state index contributed by atoms with van der Waals surface area (Å²) in [4.78, 5) is 11.8. The number of hydrogen-bond acceptors (Lipinski definition) is 9. The fraction of sp³-hybridized carbons (Fsp3) is 0.565. The average Bonchev–Trinajstić information content (AvgIpc) is 3.46. The van der Waals surface area contributed by atoms with Crippen LogP contribution in [0.4, 0.5) is 11.6 Å². The lowest BCUT2D eigenvalue weighted by Crippen LogP contribution is -2.29. The Morgan fingerprint density at radius 3 is 2.91 bits per heavy atom. The van der Waals surface area contributed by atoms with Crippen LogP contribution in [0.15, 0.2) is 24.3 Å². The molecule has 174 valence electrons. The molecule has 0 radical (unpaired) electrons. The molecule has 1 aromatic carbocycles. The standard InChI is InChI=1S/C23H33N5O4/c1-15-21(25-17-7-9-31-13-17)26-22(27-23(15)28-8-6-18(29)12-28)16-4-3-5-20(10-16)32-14-19(30)11-24-2/h3-5,10,17-19,24,29-30H,6-9,11-14H2,1-2H3,(H,25,26,27). The Morgan fingerprint density at radius 2 is 2.19 bits per heavy atom. The number of benzene rings is 1. The van der Waals surface area contributed by atoms with Crippen LogP contribution < -0.4 is 20.3 Å². The Morgan fingerprint density at radius 1 is 1.31 bits per heavy atom. The minimum atomic E-state index is -0.586. The highest BCUT2D eigenvalue weighted by molar-refractivity contribution is 5.67. The number of rotatable bonds is 9. The van der Waals surface area contributed by atoms with Crippen molar-refractivity contribution in [1.82, 2.24) is 15.3 Å². The molecule has 2 saturated heterocycles. The van der Waals surface area contributed by atoms with E-state index in [1.165, 1.54) is 0 Å². The lowest BCUT2D eigenvalue weighted by molar-refractivity contribution is 0.108. The quantitative estimate of drug-likeness (QED) is 0.454. The Hall–Kier alpha value is -2.46. The van der Waals surface area contributed by atoms with E-state index in [9.17, 15) is 10.2 Å². The molecule has 9 nitrogen and oxygen atoms in total. The first-order valence-corrected chi connectivity index (χ1v) is 11.3. The summed E-state index contributed by atoms with van der Waals surface area (Å²) in [6, 6.07) is 7.82. The number of aliphatic hydroxyl groups is 2. The van der Waals surface area contributed by atoms with Gasteiger partial charge in [0.25, 0.3) is 0 Å². The van der Waals surface area contributed by atoms with Crippen molar-refractivity contribution < 1.29 is 19.7 Å². The van der Waals surface area contributed by atoms with E-state index in [2.05, 4.69) is 15.5 Å². The number of anilines is 2. The third-order valence-electron chi connectivity index (χ3n) is 5.83. The van der Waals surface area contributed by atoms with E-state index in [1.807, 2.05) is 31.2 Å². The van der Waals surface area contributed by atoms with Gasteiger partial charge in [-0.15, -0.1) is 0 Å². The van der Waals surface area contributed by atoms with Crippen LogP contribution in [0.25, 0.3) is 11.4 Å². The first-order valence-electron chi connectivity index (χ1n) is 11.3. The van der Waals surface area contributed by atoms with Crippen molar-refractivity contribution in [3.63, 3.8) is 0 Å². The highest BCUT2D eigenvalue weighted by Crippen LogP contribution is 2.31. The minimum absolute atomic E-state index is 0.199. The second-order valence-electron chi connectivity index (χ2n) is 8.49. The van der Waals surface area contributed by atoms with Crippen LogP contribution in [0.2, 0.25) is 0 Å². The van der Waals surface area contributed by atoms with Gasteiger partial charge in [0.1, 0.15) is 30.1 Å². The summed E-state index contributed by atoms with van der Waals surface area (Å²) in [5.41, 5.74) is 1.80. The summed E-state index contributed by atoms with van der Waals surface area (Å²) in [6.45, 7) is 5.42. The number of aliphatic hydroxyl groups excluding tert-OH is 2. The highest BCUT2D eigenvalue weighted by Gasteiger charge is 2.26. The predicted molar refractivity (Wildman–Crippen MR) is 123 cm³/mol. The monoisotopic (exact) mass is 443 g/mol. The SMILES string of the molecule is CNCC(O)COc1cccc(-c2nc(NC3CCOC3)c(C)c(N3CCC(O)C3)n2)c1. The zero-order valence-electron chi connectivity index (χ0n) is 18.8. The number of likely N-dealkylation sites (N-methyl/N-ethyl adjacent to an activating group) is 1. The van der Waals surface area contributed by atoms with Crippen molar-refractivity contribution in [2.75, 3.05) is 56.7 Å². The maximum Gasteiger partial charge on any atom is 0.164 e. The van der Waals surface area contributed by atoms with Crippen molar-refractivity contribution >= 4 is 11.6 Å². The van der Waals surface area contributed by atoms with Crippen LogP contribution in [0.3, 0.4) is 0 Å². The van der Waals surface area contributed by atoms with E-state index in [0.29, 0.717) is 31.3 Å². The molecule has 0 bridgehead atoms. The van der Waals surface area contributed by atoms with Gasteiger partial charge >= 0.3 is 0 Å². The lowest BCUT2D eigenvalue weighted by atomic mass is 10.1. The molecule has 3 heterocycles. The van der Waals surface area contributed by atoms with Crippen molar-refractivity contribution in [1.29, 1.82) is 0 Å². The van der Waals surface area contributed by atoms with E-state index < -0.39 is 6.10 Å². The number of aromatic nitrogens is 2. The minimum Gasteiger partial charge on any atom is -0.491 e. The molecule has 3 unspecified atom stereocenters. The zero-order valence-corrected chi connectivity index (χ0v) is 18.8. The molecule has 2 aliphatic rings. The van der Waals surface area contributed by atoms with E-state index in [4.69, 9.17) is 19.4 Å². The third-order valence-corrected chi connectivity index (χ3v) is 5.83. The van der Waals surface area contributed by atoms with Crippen LogP contribution in [-0.4, -0.2) is 84.9 Å². The van der Waals surface area contributed by atoms with Crippen LogP contribution in [0.5, 0.6) is 5.75 Å². The van der Waals surface area contributed by atoms with Gasteiger partial charge in [-0.1, -0.05) is 12.1 Å². The van der Waals surface area contributed by atoms with Crippen molar-refractivity contribution in [2.45, 2.75) is 38.0 Å². The average molecular weight is 444 g/mol. The zero-order chi connectivity index (χ0) is 22.5. The van der Waals surface area contributed by atoms with Crippen LogP contribution in [-0.2, 0) is 4.74 Å². The molecule has 4 N–H and O–H groups in total. The summed E-state index contributed by atoms with van der Waals surface area (Å²) in [6.07, 6.45) is 0.746. The summed E-state index contributed by atoms with van der Waals surface area (Å²) in [5, 5.41) is 26.4. The molecular weight excluding hydrogens is 410 g/mol. The maximum absolute atomic E-state index is 10.1. The number of ether oxygens (including phenoxy) is 2. The number of hydrogen-bond donors (Lipinski definition) is 4. The molecule has 0 spiro atoms. The third kappa shape index (κ3) is 5.47. The Balaban J connectivity index is 1.63. The number of nitrogens with one attached hydrogen (secondary N) is 2. The van der Waals surface area contributed by atoms with Gasteiger partial charge in [-0.25, -0.2) is 9.97 Å². The first kappa shape index (κ1) is 22.7. The Kier molecular flexibility index (Phi) is 7.41. The van der Waals surface area contributed by atoms with Gasteiger partial charge in [-0.2, -0.15) is 0 Å². The van der Waals surface area contributed by atoms with Crippen molar-refractivity contribution in [3.8, 4) is 17.1 Å². The Labute approximate surface area is 188 Å². The molecule has 0 saturated carbocycles. The molecule has 0 aliphatic carbocycles. The molecule has 2 aromatic rings. The molecule has 4 rings (SSSR count). The molecule has 2 fully saturated rings. The molecular formula is C23H33N5O4. The summed E-state index contributed by atoms with van der Waals surface area (Å²) < 4.78 is 11.3. The Bertz CT molecular complexity index is 906. The largest absolute Gasteiger partial charge is 0.491 e. The second kappa shape index (κ2) is 10.4. The van der Waals surface area contributed by atoms with Crippen molar-refractivity contribution in [3.05, 3.63) is 29.8 Å². The summed E-state index contributed by atoms with van der Waals surface area (Å²) >= 11 is 0. The topological polar surface area (TPSA) is 112 Å². The summed E-state index contributed by atoms with van der Waals surface area (Å²) in [7, 11) is 1.79. The normalized spacial score (nSPS) is 21.7. The predicted octanol–water partition coefficient (Wildman–Crippen LogP) is 1.18. The van der Waals surface area contributed by atoms with E-state index in [0.717, 1.165) is 48.8 Å². The smallest absolute Gasteiger partial charge is 0.164 e. The molecule has 9 heteroatoms. The van der Waals surface area contributed by atoms with Gasteiger partial charge in [-0.3, -0.25) is 0 Å². The van der Waals surface area contributed by atoms with Crippen molar-refractivity contribution in [2.24, 2.45) is 0 Å². The molecule has 2 aliphatic heterocycles. The van der Waals surface area contributed by atoms with E-state index in [-0.39, 0.29) is 18.8 Å². The van der Waals surface area contributed by atoms with E-state index >= 15 is 0 Å². The van der Waals surface area contributed by atoms with Gasteiger partial charge in [0.05, 0.1) is 18.8 Å². The number of β-amino-alcohol motifs (C(OH)–C–C–N with tert-alkyl or cyclic N) is 1. The van der Waals surface area contributed by atoms with Gasteiger partial charge in [0.2, 0.25) is 0 Å². The lowest BCUT2D eigenvalue weighted by Gasteiger charge is -2.23. The fourth-order valence-electron chi connectivity index (χ4n) is 4.07. The molecule has 3 atom stereocenters. The van der Waals surface area contributed by atoms with Gasteiger partial charge in [-0.05, 0) is 38.9 Å².